The van der Waals surface area contributed by atoms with E-state index in [0.717, 1.165) is 6.26 Å². The topological polar surface area (TPSA) is 113 Å². The van der Waals surface area contributed by atoms with Gasteiger partial charge in [0.25, 0.3) is 0 Å². The van der Waals surface area contributed by atoms with Gasteiger partial charge in [0, 0.05) is 25.8 Å². The molecule has 7 nitrogen and oxygen atoms in total. The van der Waals surface area contributed by atoms with Crippen molar-refractivity contribution in [3.05, 3.63) is 0 Å². The molecule has 0 saturated carbocycles. The molecule has 0 aliphatic heterocycles. The molecule has 3 N–H and O–H groups in total. The Bertz CT molecular complexity index is 408. The zero-order valence-electron chi connectivity index (χ0n) is 12.0. The number of carbonyl (C=O) groups excluding carboxylic acids is 1. The largest absolute Gasteiger partial charge is 0.481 e. The van der Waals surface area contributed by atoms with Crippen LogP contribution in [-0.2, 0) is 14.6 Å². The molecule has 0 bridgehead atoms. The fourth-order valence-electron chi connectivity index (χ4n) is 1.55. The van der Waals surface area contributed by atoms with Crippen molar-refractivity contribution >= 4 is 21.8 Å². The summed E-state index contributed by atoms with van der Waals surface area (Å²) in [6.07, 6.45) is 2.99. The van der Waals surface area contributed by atoms with Crippen LogP contribution in [0.2, 0.25) is 0 Å². The first-order chi connectivity index (χ1) is 9.20. The lowest BCUT2D eigenvalue weighted by atomic mass is 10.0. The van der Waals surface area contributed by atoms with Gasteiger partial charge in [0.05, 0.1) is 5.75 Å². The Morgan fingerprint density at radius 2 is 1.75 bits per heavy atom. The second-order valence-electron chi connectivity index (χ2n) is 4.99. The van der Waals surface area contributed by atoms with E-state index in [4.69, 9.17) is 5.11 Å². The van der Waals surface area contributed by atoms with Gasteiger partial charge in [0.1, 0.15) is 9.84 Å². The zero-order chi connectivity index (χ0) is 15.6. The van der Waals surface area contributed by atoms with Crippen LogP contribution in [0.15, 0.2) is 0 Å². The van der Waals surface area contributed by atoms with Gasteiger partial charge in [0.2, 0.25) is 0 Å². The average Bonchev–Trinajstić information content (AvgIpc) is 2.31. The molecule has 0 spiro atoms. The molecule has 8 heteroatoms. The Balaban J connectivity index is 3.56. The summed E-state index contributed by atoms with van der Waals surface area (Å²) < 4.78 is 21.7. The summed E-state index contributed by atoms with van der Waals surface area (Å²) in [7, 11) is -2.98. The van der Waals surface area contributed by atoms with Crippen LogP contribution in [0.3, 0.4) is 0 Å². The van der Waals surface area contributed by atoms with E-state index >= 15 is 0 Å². The molecule has 0 aliphatic carbocycles. The highest BCUT2D eigenvalue weighted by molar-refractivity contribution is 7.90. The fraction of sp³-hybridized carbons (Fsp3) is 0.833. The first-order valence-corrected chi connectivity index (χ1v) is 8.68. The predicted octanol–water partition coefficient (Wildman–Crippen LogP) is 0.611. The number of carboxylic acids is 1. The zero-order valence-corrected chi connectivity index (χ0v) is 12.8. The number of carbonyl (C=O) groups is 2. The Hall–Kier alpha value is -1.31. The van der Waals surface area contributed by atoms with Crippen molar-refractivity contribution in [1.29, 1.82) is 0 Å². The minimum Gasteiger partial charge on any atom is -0.481 e. The van der Waals surface area contributed by atoms with E-state index < -0.39 is 15.8 Å². The second-order valence-corrected chi connectivity index (χ2v) is 7.25. The third-order valence-electron chi connectivity index (χ3n) is 2.75. The monoisotopic (exact) mass is 308 g/mol. The summed E-state index contributed by atoms with van der Waals surface area (Å²) >= 11 is 0. The SMILES string of the molecule is CC(CCNC(=O)NCCCS(C)(=O)=O)CCC(=O)O. The van der Waals surface area contributed by atoms with E-state index in [1.807, 2.05) is 6.92 Å². The summed E-state index contributed by atoms with van der Waals surface area (Å²) in [4.78, 5) is 21.7. The third-order valence-corrected chi connectivity index (χ3v) is 3.78. The quantitative estimate of drug-likeness (QED) is 0.512. The van der Waals surface area contributed by atoms with Gasteiger partial charge in [-0.3, -0.25) is 4.79 Å². The molecule has 0 aromatic heterocycles. The van der Waals surface area contributed by atoms with E-state index in [1.165, 1.54) is 0 Å². The van der Waals surface area contributed by atoms with Crippen LogP contribution in [0.5, 0.6) is 0 Å². The van der Waals surface area contributed by atoms with Crippen molar-refractivity contribution in [2.24, 2.45) is 5.92 Å². The molecule has 0 rings (SSSR count). The number of sulfone groups is 1. The smallest absolute Gasteiger partial charge is 0.314 e. The number of carboxylic acid groups (broad SMARTS) is 1. The van der Waals surface area contributed by atoms with E-state index in [-0.39, 0.29) is 24.1 Å². The molecule has 1 unspecified atom stereocenters. The van der Waals surface area contributed by atoms with Crippen LogP contribution in [-0.4, -0.2) is 50.6 Å². The molecule has 118 valence electrons. The molecule has 1 atom stereocenters. The molecular weight excluding hydrogens is 284 g/mol. The molecular formula is C12H24N2O5S. The van der Waals surface area contributed by atoms with Crippen LogP contribution in [0.25, 0.3) is 0 Å². The van der Waals surface area contributed by atoms with Crippen molar-refractivity contribution in [2.75, 3.05) is 25.1 Å². The van der Waals surface area contributed by atoms with Gasteiger partial charge in [-0.25, -0.2) is 13.2 Å². The molecule has 20 heavy (non-hydrogen) atoms. The number of aliphatic carboxylic acids is 1. The molecule has 0 aliphatic rings. The highest BCUT2D eigenvalue weighted by Gasteiger charge is 2.07. The maximum atomic E-state index is 11.3. The Labute approximate surface area is 120 Å². The normalized spacial score (nSPS) is 12.7. The average molecular weight is 308 g/mol. The van der Waals surface area contributed by atoms with Crippen LogP contribution < -0.4 is 10.6 Å². The van der Waals surface area contributed by atoms with E-state index in [9.17, 15) is 18.0 Å². The van der Waals surface area contributed by atoms with Gasteiger partial charge < -0.3 is 15.7 Å². The first kappa shape index (κ1) is 18.7. The van der Waals surface area contributed by atoms with Gasteiger partial charge in [-0.15, -0.1) is 0 Å². The summed E-state index contributed by atoms with van der Waals surface area (Å²) in [5, 5.41) is 13.8. The molecule has 2 amide bonds. The number of rotatable bonds is 10. The van der Waals surface area contributed by atoms with Crippen molar-refractivity contribution in [1.82, 2.24) is 10.6 Å². The highest BCUT2D eigenvalue weighted by Crippen LogP contribution is 2.08. The summed E-state index contributed by atoms with van der Waals surface area (Å²) in [6, 6.07) is -0.330. The van der Waals surface area contributed by atoms with Gasteiger partial charge in [-0.1, -0.05) is 6.92 Å². The number of nitrogens with one attached hydrogen (secondary N) is 2. The first-order valence-electron chi connectivity index (χ1n) is 6.62. The van der Waals surface area contributed by atoms with Crippen molar-refractivity contribution in [2.45, 2.75) is 32.6 Å². The summed E-state index contributed by atoms with van der Waals surface area (Å²) in [6.45, 7) is 2.72. The lowest BCUT2D eigenvalue weighted by molar-refractivity contribution is -0.137. The van der Waals surface area contributed by atoms with E-state index in [0.29, 0.717) is 32.4 Å². The Morgan fingerprint density at radius 3 is 2.30 bits per heavy atom. The standard InChI is InChI=1S/C12H24N2O5S/c1-10(4-5-11(15)16)6-8-14-12(17)13-7-3-9-20(2,18)19/h10H,3-9H2,1-2H3,(H,15,16)(H2,13,14,17). The van der Waals surface area contributed by atoms with Gasteiger partial charge in [0.15, 0.2) is 0 Å². The number of amides is 2. The van der Waals surface area contributed by atoms with Crippen molar-refractivity contribution < 1.29 is 23.1 Å². The van der Waals surface area contributed by atoms with Crippen molar-refractivity contribution in [3.8, 4) is 0 Å². The number of hydrogen-bond acceptors (Lipinski definition) is 4. The Kier molecular flexibility index (Phi) is 8.94. The maximum Gasteiger partial charge on any atom is 0.314 e. The van der Waals surface area contributed by atoms with Gasteiger partial charge in [-0.2, -0.15) is 0 Å². The van der Waals surface area contributed by atoms with Gasteiger partial charge >= 0.3 is 12.0 Å². The van der Waals surface area contributed by atoms with Crippen LogP contribution in [0.4, 0.5) is 4.79 Å². The second kappa shape index (κ2) is 9.57. The summed E-state index contributed by atoms with van der Waals surface area (Å²) in [5.41, 5.74) is 0. The Morgan fingerprint density at radius 1 is 1.15 bits per heavy atom. The predicted molar refractivity (Wildman–Crippen MR) is 76.4 cm³/mol. The number of hydrogen-bond donors (Lipinski definition) is 3. The minimum absolute atomic E-state index is 0.0551. The van der Waals surface area contributed by atoms with Crippen LogP contribution in [0, 0.1) is 5.92 Å². The molecule has 0 radical (unpaired) electrons. The lowest BCUT2D eigenvalue weighted by Gasteiger charge is -2.11. The maximum absolute atomic E-state index is 11.3. The molecule has 0 saturated heterocycles. The molecule has 0 heterocycles. The van der Waals surface area contributed by atoms with E-state index in [1.54, 1.807) is 0 Å². The lowest BCUT2D eigenvalue weighted by Crippen LogP contribution is -2.37. The molecule has 0 fully saturated rings. The van der Waals surface area contributed by atoms with E-state index in [2.05, 4.69) is 10.6 Å². The highest BCUT2D eigenvalue weighted by atomic mass is 32.2. The summed E-state index contributed by atoms with van der Waals surface area (Å²) in [5.74, 6) is -0.524. The molecule has 0 aromatic rings. The van der Waals surface area contributed by atoms with Gasteiger partial charge in [-0.05, 0) is 25.2 Å². The fourth-order valence-corrected chi connectivity index (χ4v) is 2.21. The third kappa shape index (κ3) is 13.1. The van der Waals surface area contributed by atoms with Crippen LogP contribution >= 0.6 is 0 Å². The number of urea groups is 1. The van der Waals surface area contributed by atoms with Crippen LogP contribution in [0.1, 0.15) is 32.6 Å². The van der Waals surface area contributed by atoms with Crippen molar-refractivity contribution in [3.63, 3.8) is 0 Å². The molecule has 0 aromatic carbocycles. The minimum atomic E-state index is -2.98.